The normalized spacial score (nSPS) is 18.8. The lowest BCUT2D eigenvalue weighted by molar-refractivity contribution is -0.121. The van der Waals surface area contributed by atoms with Gasteiger partial charge in [0.05, 0.1) is 18.4 Å². The Balaban J connectivity index is 1.16. The Bertz CT molecular complexity index is 1010. The lowest BCUT2D eigenvalue weighted by Gasteiger charge is -2.35. The maximum absolute atomic E-state index is 12.2. The van der Waals surface area contributed by atoms with Crippen molar-refractivity contribution in [2.45, 2.75) is 58.4 Å². The summed E-state index contributed by atoms with van der Waals surface area (Å²) < 4.78 is 11.6. The van der Waals surface area contributed by atoms with Gasteiger partial charge in [-0.2, -0.15) is 0 Å². The zero-order valence-corrected chi connectivity index (χ0v) is 19.5. The zero-order valence-electron chi connectivity index (χ0n) is 19.5. The van der Waals surface area contributed by atoms with Crippen LogP contribution in [0.25, 0.3) is 11.3 Å². The van der Waals surface area contributed by atoms with Crippen LogP contribution >= 0.6 is 0 Å². The molecule has 0 unspecified atom stereocenters. The second kappa shape index (κ2) is 11.3. The van der Waals surface area contributed by atoms with Crippen molar-refractivity contribution in [3.63, 3.8) is 0 Å². The van der Waals surface area contributed by atoms with E-state index in [-0.39, 0.29) is 18.1 Å². The predicted molar refractivity (Wildman–Crippen MR) is 128 cm³/mol. The van der Waals surface area contributed by atoms with Gasteiger partial charge in [0.25, 0.3) is 0 Å². The fourth-order valence-corrected chi connectivity index (χ4v) is 4.29. The number of carbonyl (C=O) groups excluding carboxylic acids is 1. The van der Waals surface area contributed by atoms with Crippen LogP contribution in [0.1, 0.15) is 43.7 Å². The van der Waals surface area contributed by atoms with Crippen molar-refractivity contribution in [3.8, 4) is 11.3 Å². The second-order valence-electron chi connectivity index (χ2n) is 8.88. The van der Waals surface area contributed by atoms with Crippen LogP contribution in [0.4, 0.5) is 0 Å². The Morgan fingerprint density at radius 1 is 1.03 bits per heavy atom. The quantitative estimate of drug-likeness (QED) is 0.520. The Morgan fingerprint density at radius 3 is 2.45 bits per heavy atom. The molecule has 0 aliphatic carbocycles. The minimum absolute atomic E-state index is 0.0465. The molecule has 2 aromatic carbocycles. The highest BCUT2D eigenvalue weighted by molar-refractivity contribution is 5.75. The first-order valence-electron chi connectivity index (χ1n) is 11.8. The standard InChI is InChI=1S/C27H33N3O3/c1-20-17-30(18-21(2)32-20)19-23-13-11-22(12-14-23)15-28-26(31)9-6-10-27-29-16-25(33-27)24-7-4-3-5-8-24/h3-5,7-8,11-14,16,20-21H,6,9-10,15,17-19H2,1-2H3,(H,28,31)/t20-,21+. The monoisotopic (exact) mass is 447 g/mol. The topological polar surface area (TPSA) is 67.6 Å². The van der Waals surface area contributed by atoms with Crippen LogP contribution in [0, 0.1) is 0 Å². The molecule has 1 amide bonds. The molecule has 4 rings (SSSR count). The van der Waals surface area contributed by atoms with Crippen molar-refractivity contribution in [3.05, 3.63) is 77.8 Å². The molecule has 0 bridgehead atoms. The molecule has 1 aromatic heterocycles. The summed E-state index contributed by atoms with van der Waals surface area (Å²) in [6.07, 6.45) is 4.10. The van der Waals surface area contributed by atoms with Gasteiger partial charge in [0.1, 0.15) is 0 Å². The third-order valence-electron chi connectivity index (χ3n) is 5.82. The minimum Gasteiger partial charge on any atom is -0.441 e. The number of ether oxygens (including phenoxy) is 1. The number of nitrogens with zero attached hydrogens (tertiary/aromatic N) is 2. The average Bonchev–Trinajstić information content (AvgIpc) is 3.27. The number of carbonyl (C=O) groups is 1. The Morgan fingerprint density at radius 2 is 1.73 bits per heavy atom. The van der Waals surface area contributed by atoms with E-state index < -0.39 is 0 Å². The van der Waals surface area contributed by atoms with Gasteiger partial charge in [-0.3, -0.25) is 9.69 Å². The lowest BCUT2D eigenvalue weighted by Crippen LogP contribution is -2.44. The largest absolute Gasteiger partial charge is 0.441 e. The van der Waals surface area contributed by atoms with Crippen molar-refractivity contribution in [1.82, 2.24) is 15.2 Å². The van der Waals surface area contributed by atoms with E-state index in [1.165, 1.54) is 5.56 Å². The number of aromatic nitrogens is 1. The smallest absolute Gasteiger partial charge is 0.220 e. The van der Waals surface area contributed by atoms with Crippen LogP contribution < -0.4 is 5.32 Å². The Hall–Kier alpha value is -2.96. The van der Waals surface area contributed by atoms with E-state index in [4.69, 9.17) is 9.15 Å². The number of hydrogen-bond acceptors (Lipinski definition) is 5. The first-order valence-corrected chi connectivity index (χ1v) is 11.8. The van der Waals surface area contributed by atoms with Crippen LogP contribution in [0.3, 0.4) is 0 Å². The number of hydrogen-bond donors (Lipinski definition) is 1. The summed E-state index contributed by atoms with van der Waals surface area (Å²) in [5.41, 5.74) is 3.40. The van der Waals surface area contributed by atoms with Crippen molar-refractivity contribution in [1.29, 1.82) is 0 Å². The number of aryl methyl sites for hydroxylation is 1. The maximum atomic E-state index is 12.2. The number of benzene rings is 2. The maximum Gasteiger partial charge on any atom is 0.220 e. The fourth-order valence-electron chi connectivity index (χ4n) is 4.29. The fraction of sp³-hybridized carbons (Fsp3) is 0.407. The van der Waals surface area contributed by atoms with Gasteiger partial charge in [0.2, 0.25) is 5.91 Å². The van der Waals surface area contributed by atoms with Crippen LogP contribution in [0.5, 0.6) is 0 Å². The van der Waals surface area contributed by atoms with E-state index >= 15 is 0 Å². The molecule has 0 spiro atoms. The summed E-state index contributed by atoms with van der Waals surface area (Å²) in [4.78, 5) is 19.0. The number of nitrogens with one attached hydrogen (secondary N) is 1. The molecule has 1 aliphatic rings. The number of amides is 1. The first kappa shape index (κ1) is 23.2. The van der Waals surface area contributed by atoms with E-state index in [2.05, 4.69) is 53.3 Å². The molecule has 2 heterocycles. The predicted octanol–water partition coefficient (Wildman–Crippen LogP) is 4.59. The Kier molecular flexibility index (Phi) is 7.92. The molecule has 1 fully saturated rings. The third kappa shape index (κ3) is 7.01. The number of rotatable bonds is 9. The molecule has 2 atom stereocenters. The van der Waals surface area contributed by atoms with Crippen LogP contribution in [-0.2, 0) is 29.0 Å². The minimum atomic E-state index is 0.0465. The second-order valence-corrected chi connectivity index (χ2v) is 8.88. The number of oxazole rings is 1. The molecule has 174 valence electrons. The van der Waals surface area contributed by atoms with Crippen molar-refractivity contribution in [2.24, 2.45) is 0 Å². The summed E-state index contributed by atoms with van der Waals surface area (Å²) in [7, 11) is 0. The van der Waals surface area contributed by atoms with Crippen LogP contribution in [0.15, 0.2) is 65.2 Å². The summed E-state index contributed by atoms with van der Waals surface area (Å²) >= 11 is 0. The first-order chi connectivity index (χ1) is 16.0. The van der Waals surface area contributed by atoms with Gasteiger partial charge < -0.3 is 14.5 Å². The molecular formula is C27H33N3O3. The molecule has 33 heavy (non-hydrogen) atoms. The molecule has 0 radical (unpaired) electrons. The van der Waals surface area contributed by atoms with Crippen LogP contribution in [-0.4, -0.2) is 41.1 Å². The summed E-state index contributed by atoms with van der Waals surface area (Å²) in [5, 5.41) is 3.01. The highest BCUT2D eigenvalue weighted by atomic mass is 16.5. The highest BCUT2D eigenvalue weighted by Gasteiger charge is 2.21. The molecule has 0 saturated carbocycles. The van der Waals surface area contributed by atoms with Crippen molar-refractivity contribution >= 4 is 5.91 Å². The SMILES string of the molecule is C[C@@H]1CN(Cc2ccc(CNC(=O)CCCc3ncc(-c4ccccc4)o3)cc2)C[C@H](C)O1. The molecule has 3 aromatic rings. The Labute approximate surface area is 196 Å². The van der Waals surface area contributed by atoms with Gasteiger partial charge >= 0.3 is 0 Å². The van der Waals surface area contributed by atoms with E-state index in [0.29, 0.717) is 31.7 Å². The molecule has 1 aliphatic heterocycles. The van der Waals surface area contributed by atoms with E-state index in [1.54, 1.807) is 6.20 Å². The van der Waals surface area contributed by atoms with E-state index in [9.17, 15) is 4.79 Å². The van der Waals surface area contributed by atoms with Crippen molar-refractivity contribution < 1.29 is 13.9 Å². The molecule has 6 nitrogen and oxygen atoms in total. The summed E-state index contributed by atoms with van der Waals surface area (Å²) in [5.74, 6) is 1.47. The van der Waals surface area contributed by atoms with E-state index in [0.717, 1.165) is 36.5 Å². The summed E-state index contributed by atoms with van der Waals surface area (Å²) in [6, 6.07) is 18.4. The molecule has 1 N–H and O–H groups in total. The molecular weight excluding hydrogens is 414 g/mol. The lowest BCUT2D eigenvalue weighted by atomic mass is 10.1. The van der Waals surface area contributed by atoms with Gasteiger partial charge in [0.15, 0.2) is 11.7 Å². The third-order valence-corrected chi connectivity index (χ3v) is 5.82. The van der Waals surface area contributed by atoms with Gasteiger partial charge in [-0.15, -0.1) is 0 Å². The van der Waals surface area contributed by atoms with Gasteiger partial charge in [-0.05, 0) is 31.4 Å². The zero-order chi connectivity index (χ0) is 23.0. The van der Waals surface area contributed by atoms with Crippen LogP contribution in [0.2, 0.25) is 0 Å². The van der Waals surface area contributed by atoms with Gasteiger partial charge in [-0.1, -0.05) is 54.6 Å². The molecule has 6 heteroatoms. The average molecular weight is 448 g/mol. The van der Waals surface area contributed by atoms with Gasteiger partial charge in [-0.25, -0.2) is 4.98 Å². The number of morpholine rings is 1. The van der Waals surface area contributed by atoms with E-state index in [1.807, 2.05) is 30.3 Å². The summed E-state index contributed by atoms with van der Waals surface area (Å²) in [6.45, 7) is 7.65. The van der Waals surface area contributed by atoms with Crippen molar-refractivity contribution in [2.75, 3.05) is 13.1 Å². The highest BCUT2D eigenvalue weighted by Crippen LogP contribution is 2.20. The molecule has 1 saturated heterocycles. The van der Waals surface area contributed by atoms with Gasteiger partial charge in [0, 0.05) is 44.6 Å².